The number of aromatic amines is 1. The van der Waals surface area contributed by atoms with Crippen LogP contribution in [0.3, 0.4) is 0 Å². The van der Waals surface area contributed by atoms with Crippen molar-refractivity contribution in [1.82, 2.24) is 19.9 Å². The fourth-order valence-corrected chi connectivity index (χ4v) is 2.73. The van der Waals surface area contributed by atoms with Crippen LogP contribution in [-0.4, -0.2) is 46.2 Å². The van der Waals surface area contributed by atoms with Crippen molar-refractivity contribution < 1.29 is 4.74 Å². The van der Waals surface area contributed by atoms with E-state index in [9.17, 15) is 5.26 Å². The number of hydrogen-bond donors (Lipinski definition) is 1. The van der Waals surface area contributed by atoms with Gasteiger partial charge in [0.15, 0.2) is 0 Å². The summed E-state index contributed by atoms with van der Waals surface area (Å²) in [5, 5.41) is 9.48. The first-order chi connectivity index (χ1) is 12.3. The molecule has 0 spiro atoms. The highest BCUT2D eigenvalue weighted by atomic mass is 16.5. The van der Waals surface area contributed by atoms with Crippen LogP contribution in [0, 0.1) is 11.3 Å². The number of ether oxygens (including phenoxy) is 1. The molecular formula is C18H16N6O. The van der Waals surface area contributed by atoms with Crippen LogP contribution in [0.1, 0.15) is 11.4 Å². The lowest BCUT2D eigenvalue weighted by Crippen LogP contribution is -2.37. The number of nitrogens with one attached hydrogen (secondary N) is 1. The third-order valence-electron chi connectivity index (χ3n) is 4.03. The van der Waals surface area contributed by atoms with Crippen molar-refractivity contribution in [3.05, 3.63) is 48.0 Å². The summed E-state index contributed by atoms with van der Waals surface area (Å²) in [6.07, 6.45) is 5.18. The zero-order chi connectivity index (χ0) is 17.1. The van der Waals surface area contributed by atoms with Crippen LogP contribution in [0.15, 0.2) is 36.7 Å². The van der Waals surface area contributed by atoms with Crippen molar-refractivity contribution in [2.75, 3.05) is 31.2 Å². The van der Waals surface area contributed by atoms with Gasteiger partial charge in [-0.2, -0.15) is 5.26 Å². The Morgan fingerprint density at radius 1 is 1.20 bits per heavy atom. The lowest BCUT2D eigenvalue weighted by Gasteiger charge is -2.26. The molecule has 0 saturated carbocycles. The lowest BCUT2D eigenvalue weighted by molar-refractivity contribution is 0.122. The van der Waals surface area contributed by atoms with E-state index >= 15 is 0 Å². The van der Waals surface area contributed by atoms with Crippen molar-refractivity contribution in [2.24, 2.45) is 0 Å². The van der Waals surface area contributed by atoms with E-state index in [4.69, 9.17) is 4.74 Å². The number of H-pyrrole nitrogens is 1. The number of para-hydroxylation sites is 2. The third-order valence-corrected chi connectivity index (χ3v) is 4.03. The predicted molar refractivity (Wildman–Crippen MR) is 94.6 cm³/mol. The number of imidazole rings is 1. The third kappa shape index (κ3) is 3.20. The van der Waals surface area contributed by atoms with E-state index in [1.165, 1.54) is 0 Å². The van der Waals surface area contributed by atoms with Gasteiger partial charge in [0.25, 0.3) is 0 Å². The molecule has 0 unspecified atom stereocenters. The Kier molecular flexibility index (Phi) is 4.11. The second kappa shape index (κ2) is 6.71. The molecule has 1 aliphatic rings. The fourth-order valence-electron chi connectivity index (χ4n) is 2.73. The summed E-state index contributed by atoms with van der Waals surface area (Å²) in [4.78, 5) is 18.5. The monoisotopic (exact) mass is 332 g/mol. The van der Waals surface area contributed by atoms with Gasteiger partial charge in [0.2, 0.25) is 5.95 Å². The maximum Gasteiger partial charge on any atom is 0.225 e. The summed E-state index contributed by atoms with van der Waals surface area (Å²) < 4.78 is 5.33. The standard InChI is InChI=1S/C18H16N6O/c19-10-14(17-22-15-3-1-2-4-16(15)23-17)9-13-11-20-18(21-12-13)24-5-7-25-8-6-24/h1-4,9,11-12H,5-8H2,(H,22,23)/b14-9+. The molecule has 1 aromatic carbocycles. The van der Waals surface area contributed by atoms with Crippen molar-refractivity contribution in [3.8, 4) is 6.07 Å². The Bertz CT molecular complexity index is 915. The molecule has 3 heterocycles. The number of nitrogens with zero attached hydrogens (tertiary/aromatic N) is 5. The molecule has 1 saturated heterocycles. The summed E-state index contributed by atoms with van der Waals surface area (Å²) in [5.74, 6) is 1.23. The van der Waals surface area contributed by atoms with Gasteiger partial charge in [0.05, 0.1) is 29.8 Å². The van der Waals surface area contributed by atoms with Crippen molar-refractivity contribution in [3.63, 3.8) is 0 Å². The minimum Gasteiger partial charge on any atom is -0.378 e. The number of rotatable bonds is 3. The smallest absolute Gasteiger partial charge is 0.225 e. The van der Waals surface area contributed by atoms with Gasteiger partial charge in [0.1, 0.15) is 11.9 Å². The van der Waals surface area contributed by atoms with Crippen LogP contribution in [0.5, 0.6) is 0 Å². The SMILES string of the molecule is N#C/C(=C\c1cnc(N2CCOCC2)nc1)c1nc2ccccc2[nH]1. The van der Waals surface area contributed by atoms with Crippen LogP contribution >= 0.6 is 0 Å². The van der Waals surface area contributed by atoms with Gasteiger partial charge < -0.3 is 14.6 Å². The average molecular weight is 332 g/mol. The fraction of sp³-hybridized carbons (Fsp3) is 0.222. The molecule has 2 aromatic heterocycles. The van der Waals surface area contributed by atoms with Gasteiger partial charge >= 0.3 is 0 Å². The maximum atomic E-state index is 9.48. The molecule has 1 aliphatic heterocycles. The molecule has 1 fully saturated rings. The Morgan fingerprint density at radius 3 is 2.68 bits per heavy atom. The van der Waals surface area contributed by atoms with Crippen LogP contribution in [-0.2, 0) is 4.74 Å². The molecule has 124 valence electrons. The summed E-state index contributed by atoms with van der Waals surface area (Å²) in [7, 11) is 0. The number of benzene rings is 1. The van der Waals surface area contributed by atoms with Crippen LogP contribution < -0.4 is 4.90 Å². The van der Waals surface area contributed by atoms with Gasteiger partial charge in [-0.15, -0.1) is 0 Å². The molecule has 0 atom stereocenters. The van der Waals surface area contributed by atoms with Crippen LogP contribution in [0.4, 0.5) is 5.95 Å². The summed E-state index contributed by atoms with van der Waals surface area (Å²) in [5.41, 5.74) is 2.93. The highest BCUT2D eigenvalue weighted by molar-refractivity contribution is 5.90. The number of hydrogen-bond acceptors (Lipinski definition) is 6. The second-order valence-corrected chi connectivity index (χ2v) is 5.69. The maximum absolute atomic E-state index is 9.48. The first-order valence-corrected chi connectivity index (χ1v) is 8.05. The van der Waals surface area contributed by atoms with Crippen molar-refractivity contribution >= 4 is 28.6 Å². The molecule has 7 nitrogen and oxygen atoms in total. The quantitative estimate of drug-likeness (QED) is 0.740. The summed E-state index contributed by atoms with van der Waals surface area (Å²) >= 11 is 0. The van der Waals surface area contributed by atoms with E-state index in [-0.39, 0.29) is 0 Å². The largest absolute Gasteiger partial charge is 0.378 e. The number of nitriles is 1. The molecule has 1 N–H and O–H groups in total. The molecule has 0 radical (unpaired) electrons. The van der Waals surface area contributed by atoms with E-state index in [2.05, 4.69) is 30.9 Å². The Labute approximate surface area is 144 Å². The first-order valence-electron chi connectivity index (χ1n) is 8.05. The highest BCUT2D eigenvalue weighted by Crippen LogP contribution is 2.19. The molecule has 3 aromatic rings. The normalized spacial score (nSPS) is 15.3. The number of morpholine rings is 1. The Hall–Kier alpha value is -3.24. The van der Waals surface area contributed by atoms with Gasteiger partial charge in [-0.05, 0) is 18.2 Å². The second-order valence-electron chi connectivity index (χ2n) is 5.69. The number of allylic oxidation sites excluding steroid dienone is 1. The van der Waals surface area contributed by atoms with E-state index in [1.807, 2.05) is 24.3 Å². The summed E-state index contributed by atoms with van der Waals surface area (Å²) in [6.45, 7) is 2.96. The van der Waals surface area contributed by atoms with E-state index in [0.717, 1.165) is 29.7 Å². The van der Waals surface area contributed by atoms with Gasteiger partial charge in [-0.1, -0.05) is 12.1 Å². The molecule has 25 heavy (non-hydrogen) atoms. The first kappa shape index (κ1) is 15.3. The average Bonchev–Trinajstić information content (AvgIpc) is 3.11. The highest BCUT2D eigenvalue weighted by Gasteiger charge is 2.13. The molecule has 4 rings (SSSR count). The number of aromatic nitrogens is 4. The van der Waals surface area contributed by atoms with E-state index < -0.39 is 0 Å². The van der Waals surface area contributed by atoms with Gasteiger partial charge in [0, 0.05) is 31.0 Å². The van der Waals surface area contributed by atoms with Crippen LogP contribution in [0.25, 0.3) is 22.7 Å². The molecule has 0 aliphatic carbocycles. The molecule has 7 heteroatoms. The zero-order valence-electron chi connectivity index (χ0n) is 13.5. The Balaban J connectivity index is 1.60. The van der Waals surface area contributed by atoms with Gasteiger partial charge in [-0.3, -0.25) is 0 Å². The number of anilines is 1. The van der Waals surface area contributed by atoms with Crippen molar-refractivity contribution in [1.29, 1.82) is 5.26 Å². The zero-order valence-corrected chi connectivity index (χ0v) is 13.5. The van der Waals surface area contributed by atoms with Gasteiger partial charge in [-0.25, -0.2) is 15.0 Å². The lowest BCUT2D eigenvalue weighted by atomic mass is 10.2. The van der Waals surface area contributed by atoms with E-state index in [0.29, 0.717) is 30.6 Å². The molecule has 0 bridgehead atoms. The van der Waals surface area contributed by atoms with E-state index in [1.54, 1.807) is 18.5 Å². The summed E-state index contributed by atoms with van der Waals surface area (Å²) in [6, 6.07) is 9.88. The van der Waals surface area contributed by atoms with Crippen molar-refractivity contribution in [2.45, 2.75) is 0 Å². The molecular weight excluding hydrogens is 316 g/mol. The minimum absolute atomic E-state index is 0.443. The molecule has 0 amide bonds. The van der Waals surface area contributed by atoms with Crippen LogP contribution in [0.2, 0.25) is 0 Å². The minimum atomic E-state index is 0.443. The predicted octanol–water partition coefficient (Wildman–Crippen LogP) is 2.25. The number of fused-ring (bicyclic) bond motifs is 1. The topological polar surface area (TPSA) is 90.7 Å². The Morgan fingerprint density at radius 2 is 1.96 bits per heavy atom.